The number of hydrogen-bond acceptors (Lipinski definition) is 5. The van der Waals surface area contributed by atoms with Gasteiger partial charge >= 0.3 is 0 Å². The summed E-state index contributed by atoms with van der Waals surface area (Å²) in [4.78, 5) is 18.5. The van der Waals surface area contributed by atoms with Crippen LogP contribution in [-0.2, 0) is 0 Å². The lowest BCUT2D eigenvalue weighted by molar-refractivity contribution is 0.102. The van der Waals surface area contributed by atoms with Crippen molar-refractivity contribution in [2.45, 2.75) is 18.9 Å². The first-order valence-electron chi connectivity index (χ1n) is 7.84. The van der Waals surface area contributed by atoms with E-state index in [2.05, 4.69) is 20.7 Å². The van der Waals surface area contributed by atoms with Gasteiger partial charge in [-0.15, -0.1) is 0 Å². The Morgan fingerprint density at radius 1 is 1.39 bits per heavy atom. The van der Waals surface area contributed by atoms with Crippen molar-refractivity contribution in [1.29, 1.82) is 0 Å². The maximum Gasteiger partial charge on any atom is 0.277 e. The zero-order valence-corrected chi connectivity index (χ0v) is 13.5. The summed E-state index contributed by atoms with van der Waals surface area (Å²) in [5.74, 6) is 0.284. The molecule has 1 unspecified atom stereocenters. The predicted molar refractivity (Wildman–Crippen MR) is 89.9 cm³/mol. The zero-order chi connectivity index (χ0) is 16.2. The van der Waals surface area contributed by atoms with Crippen LogP contribution in [0.25, 0.3) is 0 Å². The molecule has 0 aromatic carbocycles. The minimum atomic E-state index is -0.238. The van der Waals surface area contributed by atoms with Gasteiger partial charge in [0, 0.05) is 26.8 Å². The standard InChI is InChI=1S/C16H22N6O/c1-21(2)12-5-6-15(18-11-12)19-16(23)14-7-9-22(20-14)13-4-3-8-17-10-13/h5-7,9,11,13,17H,3-4,8,10H2,1-2H3,(H,18,19,23). The van der Waals surface area contributed by atoms with E-state index in [0.29, 0.717) is 17.6 Å². The third kappa shape index (κ3) is 3.68. The van der Waals surface area contributed by atoms with Crippen molar-refractivity contribution < 1.29 is 4.79 Å². The van der Waals surface area contributed by atoms with Gasteiger partial charge in [-0.05, 0) is 37.6 Å². The largest absolute Gasteiger partial charge is 0.376 e. The summed E-state index contributed by atoms with van der Waals surface area (Å²) in [6, 6.07) is 5.77. The van der Waals surface area contributed by atoms with Gasteiger partial charge in [0.2, 0.25) is 0 Å². The average Bonchev–Trinajstić information content (AvgIpc) is 3.06. The van der Waals surface area contributed by atoms with Gasteiger partial charge in [-0.3, -0.25) is 9.48 Å². The Morgan fingerprint density at radius 2 is 2.26 bits per heavy atom. The molecule has 1 atom stereocenters. The second-order valence-corrected chi connectivity index (χ2v) is 5.93. The number of amides is 1. The molecule has 1 amide bonds. The lowest BCUT2D eigenvalue weighted by Crippen LogP contribution is -2.32. The molecule has 3 heterocycles. The van der Waals surface area contributed by atoms with Crippen molar-refractivity contribution in [3.05, 3.63) is 36.3 Å². The summed E-state index contributed by atoms with van der Waals surface area (Å²) in [5.41, 5.74) is 1.39. The Morgan fingerprint density at radius 3 is 2.91 bits per heavy atom. The molecule has 2 N–H and O–H groups in total. The maximum atomic E-state index is 12.3. The highest BCUT2D eigenvalue weighted by Gasteiger charge is 2.17. The Balaban J connectivity index is 1.65. The third-order valence-corrected chi connectivity index (χ3v) is 3.99. The topological polar surface area (TPSA) is 75.1 Å². The fourth-order valence-corrected chi connectivity index (χ4v) is 2.63. The smallest absolute Gasteiger partial charge is 0.277 e. The fourth-order valence-electron chi connectivity index (χ4n) is 2.63. The first kappa shape index (κ1) is 15.5. The van der Waals surface area contributed by atoms with Crippen LogP contribution in [0, 0.1) is 0 Å². The second kappa shape index (κ2) is 6.78. The Kier molecular flexibility index (Phi) is 4.57. The molecule has 0 saturated carbocycles. The van der Waals surface area contributed by atoms with Crippen molar-refractivity contribution in [3.8, 4) is 0 Å². The van der Waals surface area contributed by atoms with Gasteiger partial charge in [0.15, 0.2) is 5.69 Å². The molecule has 1 aliphatic rings. The van der Waals surface area contributed by atoms with Crippen LogP contribution < -0.4 is 15.5 Å². The van der Waals surface area contributed by atoms with Crippen LogP contribution in [-0.4, -0.2) is 47.9 Å². The monoisotopic (exact) mass is 314 g/mol. The predicted octanol–water partition coefficient (Wildman–Crippen LogP) is 1.52. The number of anilines is 2. The molecule has 1 aliphatic heterocycles. The molecule has 2 aromatic rings. The first-order valence-corrected chi connectivity index (χ1v) is 7.84. The molecule has 122 valence electrons. The number of pyridine rings is 1. The lowest BCUT2D eigenvalue weighted by Gasteiger charge is -2.22. The number of hydrogen-bond donors (Lipinski definition) is 2. The van der Waals surface area contributed by atoms with Crippen molar-refractivity contribution in [3.63, 3.8) is 0 Å². The Hall–Kier alpha value is -2.41. The van der Waals surface area contributed by atoms with Crippen LogP contribution in [0.1, 0.15) is 29.4 Å². The molecule has 7 heteroatoms. The van der Waals surface area contributed by atoms with E-state index in [4.69, 9.17) is 0 Å². The van der Waals surface area contributed by atoms with E-state index < -0.39 is 0 Å². The highest BCUT2D eigenvalue weighted by Crippen LogP contribution is 2.16. The number of aromatic nitrogens is 3. The van der Waals surface area contributed by atoms with Crippen molar-refractivity contribution in [2.75, 3.05) is 37.4 Å². The van der Waals surface area contributed by atoms with E-state index in [0.717, 1.165) is 31.6 Å². The molecule has 0 aliphatic carbocycles. The summed E-state index contributed by atoms with van der Waals surface area (Å²) in [7, 11) is 3.89. The Bertz CT molecular complexity index is 657. The van der Waals surface area contributed by atoms with Crippen LogP contribution in [0.15, 0.2) is 30.6 Å². The van der Waals surface area contributed by atoms with Crippen molar-refractivity contribution in [1.82, 2.24) is 20.1 Å². The van der Waals surface area contributed by atoms with Gasteiger partial charge in [0.1, 0.15) is 5.82 Å². The van der Waals surface area contributed by atoms with E-state index in [1.54, 1.807) is 18.3 Å². The van der Waals surface area contributed by atoms with Crippen molar-refractivity contribution in [2.24, 2.45) is 0 Å². The SMILES string of the molecule is CN(C)c1ccc(NC(=O)c2ccn(C3CCCNC3)n2)nc1. The van der Waals surface area contributed by atoms with Gasteiger partial charge < -0.3 is 15.5 Å². The van der Waals surface area contributed by atoms with Gasteiger partial charge in [0.05, 0.1) is 17.9 Å². The highest BCUT2D eigenvalue weighted by molar-refractivity contribution is 6.02. The van der Waals surface area contributed by atoms with Crippen LogP contribution in [0.2, 0.25) is 0 Å². The molecule has 7 nitrogen and oxygen atoms in total. The third-order valence-electron chi connectivity index (χ3n) is 3.99. The summed E-state index contributed by atoms with van der Waals surface area (Å²) in [6.07, 6.45) is 5.81. The Labute approximate surface area is 135 Å². The van der Waals surface area contributed by atoms with Gasteiger partial charge in [-0.1, -0.05) is 0 Å². The number of rotatable bonds is 4. The molecular weight excluding hydrogens is 292 g/mol. The van der Waals surface area contributed by atoms with E-state index in [1.165, 1.54) is 0 Å². The zero-order valence-electron chi connectivity index (χ0n) is 13.5. The van der Waals surface area contributed by atoms with E-state index in [-0.39, 0.29) is 5.91 Å². The van der Waals surface area contributed by atoms with E-state index in [9.17, 15) is 4.79 Å². The highest BCUT2D eigenvalue weighted by atomic mass is 16.2. The van der Waals surface area contributed by atoms with E-state index in [1.807, 2.05) is 35.9 Å². The number of carbonyl (C=O) groups is 1. The minimum Gasteiger partial charge on any atom is -0.376 e. The number of piperidine rings is 1. The van der Waals surface area contributed by atoms with Gasteiger partial charge in [-0.2, -0.15) is 5.10 Å². The molecule has 0 spiro atoms. The van der Waals surface area contributed by atoms with Crippen LogP contribution >= 0.6 is 0 Å². The molecule has 1 fully saturated rings. The van der Waals surface area contributed by atoms with Gasteiger partial charge in [0.25, 0.3) is 5.91 Å². The average molecular weight is 314 g/mol. The summed E-state index contributed by atoms with van der Waals surface area (Å²) >= 11 is 0. The first-order chi connectivity index (χ1) is 11.1. The quantitative estimate of drug-likeness (QED) is 0.895. The van der Waals surface area contributed by atoms with Crippen LogP contribution in [0.3, 0.4) is 0 Å². The molecule has 2 aromatic heterocycles. The van der Waals surface area contributed by atoms with E-state index >= 15 is 0 Å². The number of nitrogens with zero attached hydrogens (tertiary/aromatic N) is 4. The number of nitrogens with one attached hydrogen (secondary N) is 2. The number of carbonyl (C=O) groups excluding carboxylic acids is 1. The molecule has 0 bridgehead atoms. The molecule has 23 heavy (non-hydrogen) atoms. The summed E-state index contributed by atoms with van der Waals surface area (Å²) < 4.78 is 1.88. The summed E-state index contributed by atoms with van der Waals surface area (Å²) in [5, 5.41) is 10.5. The lowest BCUT2D eigenvalue weighted by atomic mass is 10.1. The second-order valence-electron chi connectivity index (χ2n) is 5.93. The van der Waals surface area contributed by atoms with Crippen LogP contribution in [0.5, 0.6) is 0 Å². The minimum absolute atomic E-state index is 0.238. The molecule has 3 rings (SSSR count). The van der Waals surface area contributed by atoms with Crippen LogP contribution in [0.4, 0.5) is 11.5 Å². The summed E-state index contributed by atoms with van der Waals surface area (Å²) in [6.45, 7) is 1.95. The molecule has 0 radical (unpaired) electrons. The van der Waals surface area contributed by atoms with Gasteiger partial charge in [-0.25, -0.2) is 4.98 Å². The molecular formula is C16H22N6O. The maximum absolute atomic E-state index is 12.3. The normalized spacial score (nSPS) is 17.7. The molecule has 1 saturated heterocycles. The van der Waals surface area contributed by atoms with Crippen molar-refractivity contribution >= 4 is 17.4 Å². The fraction of sp³-hybridized carbons (Fsp3) is 0.438.